The number of nitrogens with one attached hydrogen (secondary N) is 1. The minimum absolute atomic E-state index is 0.0268. The number of carbonyl (C=O) groups is 3. The number of esters is 1. The molecule has 1 fully saturated rings. The van der Waals surface area contributed by atoms with Crippen molar-refractivity contribution >= 4 is 33.7 Å². The first kappa shape index (κ1) is 26.7. The van der Waals surface area contributed by atoms with Crippen molar-refractivity contribution in [3.63, 3.8) is 0 Å². The molecule has 1 saturated heterocycles. The topological polar surface area (TPSA) is 84.9 Å². The number of ether oxygens (including phenoxy) is 2. The number of nitrogens with zero attached hydrogens (tertiary/aromatic N) is 1. The lowest BCUT2D eigenvalue weighted by Gasteiger charge is -2.27. The van der Waals surface area contributed by atoms with Crippen LogP contribution in [0, 0.1) is 11.6 Å². The molecule has 0 aliphatic carbocycles. The summed E-state index contributed by atoms with van der Waals surface area (Å²) in [6.45, 7) is 1.51. The largest absolute Gasteiger partial charge is 0.459 e. The molecular weight excluding hydrogens is 526 g/mol. The number of halogens is 3. The standard InChI is InChI=1S/C25H27BrF2N2O5/c1-15(34-2)24(25(33)35-14-16-6-8-18(26)9-7-16)29-21(31)12-19-10-11-22(32)30(19)13-17-4-3-5-20(27)23(17)28/h3-9,15,19,24H,10-14H2,1-2H3,(H,29,31)/t15-,19+,24+/m1/s1. The van der Waals surface area contributed by atoms with Crippen molar-refractivity contribution in [3.8, 4) is 0 Å². The summed E-state index contributed by atoms with van der Waals surface area (Å²) in [5.41, 5.74) is 0.814. The van der Waals surface area contributed by atoms with Gasteiger partial charge in [0.05, 0.1) is 6.10 Å². The maximum absolute atomic E-state index is 14.1. The number of hydrogen-bond acceptors (Lipinski definition) is 5. The molecule has 0 spiro atoms. The minimum atomic E-state index is -1.06. The Hall–Kier alpha value is -2.85. The van der Waals surface area contributed by atoms with Crippen LogP contribution >= 0.6 is 15.9 Å². The van der Waals surface area contributed by atoms with Crippen molar-refractivity contribution in [1.29, 1.82) is 0 Å². The van der Waals surface area contributed by atoms with E-state index in [0.29, 0.717) is 6.42 Å². The Labute approximate surface area is 210 Å². The second-order valence-electron chi connectivity index (χ2n) is 8.35. The molecule has 10 heteroatoms. The van der Waals surface area contributed by atoms with E-state index in [2.05, 4.69) is 21.2 Å². The highest BCUT2D eigenvalue weighted by Gasteiger charge is 2.35. The van der Waals surface area contributed by atoms with Gasteiger partial charge in [-0.25, -0.2) is 13.6 Å². The summed E-state index contributed by atoms with van der Waals surface area (Å²) in [5.74, 6) is -3.40. The Morgan fingerprint density at radius 1 is 1.20 bits per heavy atom. The molecule has 188 valence electrons. The third kappa shape index (κ3) is 7.08. The number of methoxy groups -OCH3 is 1. The van der Waals surface area contributed by atoms with Crippen molar-refractivity contribution in [2.75, 3.05) is 7.11 Å². The fourth-order valence-electron chi connectivity index (χ4n) is 3.85. The lowest BCUT2D eigenvalue weighted by atomic mass is 10.1. The molecule has 35 heavy (non-hydrogen) atoms. The fourth-order valence-corrected chi connectivity index (χ4v) is 4.12. The summed E-state index contributed by atoms with van der Waals surface area (Å²) in [5, 5.41) is 2.64. The Kier molecular flexibility index (Phi) is 9.33. The van der Waals surface area contributed by atoms with Crippen LogP contribution in [-0.2, 0) is 37.0 Å². The SMILES string of the molecule is CO[C@H](C)[C@H](NC(=O)C[C@@H]1CCC(=O)N1Cc1cccc(F)c1F)C(=O)OCc1ccc(Br)cc1. The average molecular weight is 553 g/mol. The van der Waals surface area contributed by atoms with E-state index in [1.54, 1.807) is 19.1 Å². The predicted octanol–water partition coefficient (Wildman–Crippen LogP) is 3.87. The Bertz CT molecular complexity index is 1070. The zero-order chi connectivity index (χ0) is 25.5. The lowest BCUT2D eigenvalue weighted by Crippen LogP contribution is -2.50. The lowest BCUT2D eigenvalue weighted by molar-refractivity contribution is -0.153. The maximum Gasteiger partial charge on any atom is 0.331 e. The van der Waals surface area contributed by atoms with Gasteiger partial charge in [0.2, 0.25) is 11.8 Å². The van der Waals surface area contributed by atoms with Gasteiger partial charge in [-0.15, -0.1) is 0 Å². The van der Waals surface area contributed by atoms with Crippen LogP contribution in [0.1, 0.15) is 37.3 Å². The Morgan fingerprint density at radius 2 is 1.91 bits per heavy atom. The van der Waals surface area contributed by atoms with E-state index < -0.39 is 41.7 Å². The smallest absolute Gasteiger partial charge is 0.331 e. The summed E-state index contributed by atoms with van der Waals surface area (Å²) in [6, 6.07) is 9.45. The first-order chi connectivity index (χ1) is 16.7. The van der Waals surface area contributed by atoms with Crippen LogP contribution in [0.3, 0.4) is 0 Å². The zero-order valence-electron chi connectivity index (χ0n) is 19.4. The molecular formula is C25H27BrF2N2O5. The van der Waals surface area contributed by atoms with Crippen LogP contribution < -0.4 is 5.32 Å². The summed E-state index contributed by atoms with van der Waals surface area (Å²) in [4.78, 5) is 39.3. The van der Waals surface area contributed by atoms with Crippen LogP contribution in [0.15, 0.2) is 46.9 Å². The molecule has 0 unspecified atom stereocenters. The van der Waals surface area contributed by atoms with Crippen LogP contribution in [-0.4, -0.2) is 48.0 Å². The van der Waals surface area contributed by atoms with Gasteiger partial charge in [0.1, 0.15) is 6.61 Å². The van der Waals surface area contributed by atoms with E-state index >= 15 is 0 Å². The number of benzene rings is 2. The van der Waals surface area contributed by atoms with Gasteiger partial charge in [0, 0.05) is 42.6 Å². The molecule has 1 aliphatic heterocycles. The fraction of sp³-hybridized carbons (Fsp3) is 0.400. The first-order valence-corrected chi connectivity index (χ1v) is 11.9. The van der Waals surface area contributed by atoms with E-state index in [4.69, 9.17) is 9.47 Å². The summed E-state index contributed by atoms with van der Waals surface area (Å²) in [6.07, 6.45) is -0.182. The molecule has 1 N–H and O–H groups in total. The molecule has 1 heterocycles. The van der Waals surface area contributed by atoms with Gasteiger partial charge in [-0.1, -0.05) is 40.2 Å². The third-order valence-electron chi connectivity index (χ3n) is 5.95. The molecule has 7 nitrogen and oxygen atoms in total. The quantitative estimate of drug-likeness (QED) is 0.452. The number of amides is 2. The maximum atomic E-state index is 14.1. The van der Waals surface area contributed by atoms with E-state index in [9.17, 15) is 23.2 Å². The van der Waals surface area contributed by atoms with Crippen molar-refractivity contribution < 1.29 is 32.6 Å². The normalized spacial score (nSPS) is 17.2. The van der Waals surface area contributed by atoms with Crippen molar-refractivity contribution in [1.82, 2.24) is 10.2 Å². The van der Waals surface area contributed by atoms with Crippen molar-refractivity contribution in [2.45, 2.75) is 57.5 Å². The minimum Gasteiger partial charge on any atom is -0.459 e. The van der Waals surface area contributed by atoms with Gasteiger partial charge in [-0.3, -0.25) is 9.59 Å². The van der Waals surface area contributed by atoms with E-state index in [1.165, 1.54) is 24.1 Å². The highest BCUT2D eigenvalue weighted by molar-refractivity contribution is 9.10. The number of likely N-dealkylation sites (tertiary alicyclic amines) is 1. The third-order valence-corrected chi connectivity index (χ3v) is 6.48. The number of hydrogen-bond donors (Lipinski definition) is 1. The van der Waals surface area contributed by atoms with Gasteiger partial charge in [-0.05, 0) is 37.1 Å². The van der Waals surface area contributed by atoms with E-state index in [1.807, 2.05) is 12.1 Å². The van der Waals surface area contributed by atoms with Crippen LogP contribution in [0.25, 0.3) is 0 Å². The molecule has 2 amide bonds. The monoisotopic (exact) mass is 552 g/mol. The molecule has 2 aromatic carbocycles. The van der Waals surface area contributed by atoms with Crippen LogP contribution in [0.5, 0.6) is 0 Å². The zero-order valence-corrected chi connectivity index (χ0v) is 21.0. The summed E-state index contributed by atoms with van der Waals surface area (Å²) < 4.78 is 39.2. The Morgan fingerprint density at radius 3 is 2.60 bits per heavy atom. The molecule has 2 aromatic rings. The predicted molar refractivity (Wildman–Crippen MR) is 127 cm³/mol. The molecule has 1 aliphatic rings. The van der Waals surface area contributed by atoms with Crippen LogP contribution in [0.2, 0.25) is 0 Å². The summed E-state index contributed by atoms with van der Waals surface area (Å²) in [7, 11) is 1.41. The van der Waals surface area contributed by atoms with Gasteiger partial charge in [0.25, 0.3) is 0 Å². The number of carbonyl (C=O) groups excluding carboxylic acids is 3. The number of rotatable bonds is 10. The van der Waals surface area contributed by atoms with Gasteiger partial charge >= 0.3 is 5.97 Å². The Balaban J connectivity index is 1.62. The molecule has 3 rings (SSSR count). The van der Waals surface area contributed by atoms with Gasteiger partial charge < -0.3 is 19.7 Å². The highest BCUT2D eigenvalue weighted by Crippen LogP contribution is 2.25. The highest BCUT2D eigenvalue weighted by atomic mass is 79.9. The van der Waals surface area contributed by atoms with Crippen molar-refractivity contribution in [3.05, 3.63) is 69.7 Å². The van der Waals surface area contributed by atoms with E-state index in [0.717, 1.165) is 16.1 Å². The average Bonchev–Trinajstić information content (AvgIpc) is 3.18. The molecule has 3 atom stereocenters. The summed E-state index contributed by atoms with van der Waals surface area (Å²) >= 11 is 3.34. The van der Waals surface area contributed by atoms with Gasteiger partial charge in [0.15, 0.2) is 17.7 Å². The molecule has 0 radical (unpaired) electrons. The second-order valence-corrected chi connectivity index (χ2v) is 9.27. The molecule has 0 bridgehead atoms. The molecule has 0 saturated carbocycles. The first-order valence-electron chi connectivity index (χ1n) is 11.1. The second kappa shape index (κ2) is 12.2. The van der Waals surface area contributed by atoms with Crippen molar-refractivity contribution in [2.24, 2.45) is 0 Å². The van der Waals surface area contributed by atoms with E-state index in [-0.39, 0.29) is 37.5 Å². The van der Waals surface area contributed by atoms with Crippen LogP contribution in [0.4, 0.5) is 8.78 Å². The van der Waals surface area contributed by atoms with Gasteiger partial charge in [-0.2, -0.15) is 0 Å². The molecule has 0 aromatic heterocycles.